The molecule has 0 unspecified atom stereocenters. The summed E-state index contributed by atoms with van der Waals surface area (Å²) in [6.07, 6.45) is 0.542. The lowest BCUT2D eigenvalue weighted by Crippen LogP contribution is -2.24. The average molecular weight is 248 g/mol. The first kappa shape index (κ1) is 12.8. The molecular weight excluding hydrogens is 228 g/mol. The molecule has 18 heavy (non-hydrogen) atoms. The van der Waals surface area contributed by atoms with E-state index < -0.39 is 5.60 Å². The monoisotopic (exact) mass is 248 g/mol. The minimum atomic E-state index is -0.772. The largest absolute Gasteiger partial charge is 0.390 e. The van der Waals surface area contributed by atoms with Crippen LogP contribution < -0.4 is 5.73 Å². The molecule has 5 nitrogen and oxygen atoms in total. The topological polar surface area (TPSA) is 77.0 Å². The lowest BCUT2D eigenvalue weighted by molar-refractivity contribution is 0.0790. The van der Waals surface area contributed by atoms with E-state index in [4.69, 9.17) is 5.73 Å². The summed E-state index contributed by atoms with van der Waals surface area (Å²) in [5.41, 5.74) is 7.74. The molecule has 0 radical (unpaired) electrons. The van der Waals surface area contributed by atoms with E-state index in [1.165, 1.54) is 0 Å². The summed E-state index contributed by atoms with van der Waals surface area (Å²) in [4.78, 5) is 4.23. The summed E-state index contributed by atoms with van der Waals surface area (Å²) in [6, 6.07) is 1.98. The number of aliphatic hydroxyl groups is 1. The second-order valence-electron chi connectivity index (χ2n) is 5.30. The van der Waals surface area contributed by atoms with Crippen LogP contribution in [0.15, 0.2) is 6.07 Å². The van der Waals surface area contributed by atoms with Crippen LogP contribution in [0.2, 0.25) is 0 Å². The maximum Gasteiger partial charge on any atom is 0.152 e. The molecular formula is C13H20N4O. The minimum Gasteiger partial charge on any atom is -0.390 e. The van der Waals surface area contributed by atoms with E-state index in [0.717, 1.165) is 28.8 Å². The number of nitrogens with zero attached hydrogens (tertiary/aromatic N) is 3. The zero-order valence-electron chi connectivity index (χ0n) is 11.4. The van der Waals surface area contributed by atoms with Crippen LogP contribution in [-0.2, 0) is 13.0 Å². The summed E-state index contributed by atoms with van der Waals surface area (Å²) in [7, 11) is 0. The number of fused-ring (bicyclic) bond motifs is 1. The van der Waals surface area contributed by atoms with Gasteiger partial charge >= 0.3 is 0 Å². The van der Waals surface area contributed by atoms with Gasteiger partial charge in [-0.15, -0.1) is 0 Å². The molecule has 0 aliphatic heterocycles. The Morgan fingerprint density at radius 1 is 1.44 bits per heavy atom. The first-order valence-corrected chi connectivity index (χ1v) is 6.16. The molecule has 0 saturated carbocycles. The third kappa shape index (κ3) is 2.31. The van der Waals surface area contributed by atoms with Gasteiger partial charge in [-0.25, -0.2) is 4.98 Å². The van der Waals surface area contributed by atoms with Gasteiger partial charge in [0.2, 0.25) is 0 Å². The van der Waals surface area contributed by atoms with Crippen LogP contribution in [-0.4, -0.2) is 25.5 Å². The maximum absolute atomic E-state index is 10.0. The third-order valence-electron chi connectivity index (χ3n) is 2.89. The van der Waals surface area contributed by atoms with Gasteiger partial charge in [-0.3, -0.25) is 4.68 Å². The van der Waals surface area contributed by atoms with Gasteiger partial charge in [0.15, 0.2) is 5.82 Å². The molecule has 0 bridgehead atoms. The molecule has 0 amide bonds. The standard InChI is InChI=1S/C13H20N4O/c1-5-17-10(7-13(3,4)18)9-6-8(2)15-12(14)11(9)16-17/h6,18H,5,7H2,1-4H3,(H2,14,15). The molecule has 2 aromatic heterocycles. The quantitative estimate of drug-likeness (QED) is 0.866. The van der Waals surface area contributed by atoms with E-state index in [1.807, 2.05) is 24.6 Å². The summed E-state index contributed by atoms with van der Waals surface area (Å²) in [5, 5.41) is 15.5. The van der Waals surface area contributed by atoms with Crippen LogP contribution in [0, 0.1) is 6.92 Å². The number of nitrogen functional groups attached to an aromatic ring is 1. The molecule has 5 heteroatoms. The Morgan fingerprint density at radius 3 is 2.67 bits per heavy atom. The van der Waals surface area contributed by atoms with Crippen LogP contribution in [0.4, 0.5) is 5.82 Å². The zero-order chi connectivity index (χ0) is 13.5. The predicted molar refractivity (Wildman–Crippen MR) is 72.4 cm³/mol. The number of nitrogens with two attached hydrogens (primary N) is 1. The Labute approximate surface area is 107 Å². The van der Waals surface area contributed by atoms with Gasteiger partial charge in [-0.05, 0) is 33.8 Å². The highest BCUT2D eigenvalue weighted by molar-refractivity contribution is 5.89. The highest BCUT2D eigenvalue weighted by atomic mass is 16.3. The second-order valence-corrected chi connectivity index (χ2v) is 5.30. The molecule has 3 N–H and O–H groups in total. The first-order chi connectivity index (χ1) is 8.31. The van der Waals surface area contributed by atoms with Crippen LogP contribution >= 0.6 is 0 Å². The van der Waals surface area contributed by atoms with E-state index in [2.05, 4.69) is 10.1 Å². The molecule has 0 aromatic carbocycles. The van der Waals surface area contributed by atoms with Crippen molar-refractivity contribution < 1.29 is 5.11 Å². The van der Waals surface area contributed by atoms with Crippen LogP contribution in [0.5, 0.6) is 0 Å². The van der Waals surface area contributed by atoms with Crippen molar-refractivity contribution in [1.29, 1.82) is 0 Å². The summed E-state index contributed by atoms with van der Waals surface area (Å²) in [5.74, 6) is 0.453. The maximum atomic E-state index is 10.0. The Morgan fingerprint density at radius 2 is 2.11 bits per heavy atom. The van der Waals surface area contributed by atoms with Crippen molar-refractivity contribution in [1.82, 2.24) is 14.8 Å². The molecule has 0 atom stereocenters. The highest BCUT2D eigenvalue weighted by Gasteiger charge is 2.21. The van der Waals surface area contributed by atoms with Gasteiger partial charge in [0.1, 0.15) is 5.52 Å². The van der Waals surface area contributed by atoms with Gasteiger partial charge in [0, 0.05) is 29.7 Å². The smallest absolute Gasteiger partial charge is 0.152 e. The van der Waals surface area contributed by atoms with Crippen LogP contribution in [0.25, 0.3) is 10.9 Å². The molecule has 98 valence electrons. The molecule has 0 aliphatic carbocycles. The molecule has 0 fully saturated rings. The van der Waals surface area contributed by atoms with E-state index in [-0.39, 0.29) is 0 Å². The number of pyridine rings is 1. The van der Waals surface area contributed by atoms with Gasteiger partial charge in [-0.1, -0.05) is 0 Å². The molecule has 0 spiro atoms. The Bertz CT molecular complexity index is 581. The normalized spacial score (nSPS) is 12.3. The van der Waals surface area contributed by atoms with Gasteiger partial charge < -0.3 is 10.8 Å². The van der Waals surface area contributed by atoms with E-state index >= 15 is 0 Å². The Hall–Kier alpha value is -1.62. The van der Waals surface area contributed by atoms with Gasteiger partial charge in [0.25, 0.3) is 0 Å². The third-order valence-corrected chi connectivity index (χ3v) is 2.89. The lowest BCUT2D eigenvalue weighted by Gasteiger charge is -2.17. The average Bonchev–Trinajstić information content (AvgIpc) is 2.55. The van der Waals surface area contributed by atoms with Crippen molar-refractivity contribution in [3.63, 3.8) is 0 Å². The van der Waals surface area contributed by atoms with Gasteiger partial charge in [0.05, 0.1) is 5.60 Å². The van der Waals surface area contributed by atoms with Crippen molar-refractivity contribution in [2.45, 2.75) is 46.3 Å². The Kier molecular flexibility index (Phi) is 3.02. The van der Waals surface area contributed by atoms with Crippen LogP contribution in [0.1, 0.15) is 32.2 Å². The van der Waals surface area contributed by atoms with E-state index in [9.17, 15) is 5.11 Å². The van der Waals surface area contributed by atoms with Crippen molar-refractivity contribution >= 4 is 16.7 Å². The molecule has 2 aromatic rings. The number of hydrogen-bond donors (Lipinski definition) is 2. The molecule has 0 saturated heterocycles. The van der Waals surface area contributed by atoms with E-state index in [1.54, 1.807) is 13.8 Å². The Balaban J connectivity index is 2.68. The van der Waals surface area contributed by atoms with Crippen LogP contribution in [0.3, 0.4) is 0 Å². The zero-order valence-corrected chi connectivity index (χ0v) is 11.4. The van der Waals surface area contributed by atoms with Crippen molar-refractivity contribution in [3.8, 4) is 0 Å². The number of rotatable bonds is 3. The molecule has 2 rings (SSSR count). The number of aromatic nitrogens is 3. The number of hydrogen-bond acceptors (Lipinski definition) is 4. The van der Waals surface area contributed by atoms with Crippen molar-refractivity contribution in [2.24, 2.45) is 0 Å². The number of aryl methyl sites for hydroxylation is 2. The lowest BCUT2D eigenvalue weighted by atomic mass is 10.0. The number of anilines is 1. The molecule has 2 heterocycles. The van der Waals surface area contributed by atoms with E-state index in [0.29, 0.717) is 12.2 Å². The van der Waals surface area contributed by atoms with Gasteiger partial charge in [-0.2, -0.15) is 5.10 Å². The summed E-state index contributed by atoms with van der Waals surface area (Å²) < 4.78 is 1.89. The summed E-state index contributed by atoms with van der Waals surface area (Å²) >= 11 is 0. The fourth-order valence-corrected chi connectivity index (χ4v) is 2.19. The minimum absolute atomic E-state index is 0.453. The van der Waals surface area contributed by atoms with Crippen molar-refractivity contribution in [2.75, 3.05) is 5.73 Å². The SMILES string of the molecule is CCn1nc2c(N)nc(C)cc2c1CC(C)(C)O. The summed E-state index contributed by atoms with van der Waals surface area (Å²) in [6.45, 7) is 8.27. The fourth-order valence-electron chi connectivity index (χ4n) is 2.19. The molecule has 0 aliphatic rings. The fraction of sp³-hybridized carbons (Fsp3) is 0.538. The predicted octanol–water partition coefficient (Wildman–Crippen LogP) is 1.66. The second kappa shape index (κ2) is 4.24. The first-order valence-electron chi connectivity index (χ1n) is 6.16. The highest BCUT2D eigenvalue weighted by Crippen LogP contribution is 2.26. The van der Waals surface area contributed by atoms with Crippen molar-refractivity contribution in [3.05, 3.63) is 17.5 Å².